The van der Waals surface area contributed by atoms with Gasteiger partial charge < -0.3 is 4.90 Å². The van der Waals surface area contributed by atoms with Crippen LogP contribution < -0.4 is 4.90 Å². The van der Waals surface area contributed by atoms with Crippen LogP contribution in [0.1, 0.15) is 10.4 Å². The van der Waals surface area contributed by atoms with Gasteiger partial charge in [0.05, 0.1) is 5.56 Å². The Kier molecular flexibility index (Phi) is 3.96. The van der Waals surface area contributed by atoms with Crippen molar-refractivity contribution in [3.63, 3.8) is 0 Å². The van der Waals surface area contributed by atoms with Gasteiger partial charge in [0.2, 0.25) is 0 Å². The lowest BCUT2D eigenvalue weighted by molar-refractivity contribution is 0.0992. The van der Waals surface area contributed by atoms with E-state index < -0.39 is 0 Å². The quantitative estimate of drug-likeness (QED) is 0.753. The molecule has 0 atom stereocenters. The van der Waals surface area contributed by atoms with Gasteiger partial charge in [0.1, 0.15) is 5.82 Å². The molecule has 0 spiro atoms. The number of carbonyl (C=O) groups is 1. The number of carbonyl (C=O) groups excluding carboxylic acids is 1. The highest BCUT2D eigenvalue weighted by Gasteiger charge is 2.15. The molecule has 0 saturated carbocycles. The van der Waals surface area contributed by atoms with Crippen LogP contribution >= 0.6 is 22.6 Å². The molecule has 1 amide bonds. The van der Waals surface area contributed by atoms with Gasteiger partial charge in [-0.1, -0.05) is 12.1 Å². The highest BCUT2D eigenvalue weighted by atomic mass is 127. The summed E-state index contributed by atoms with van der Waals surface area (Å²) in [4.78, 5) is 13.8. The van der Waals surface area contributed by atoms with Gasteiger partial charge >= 0.3 is 0 Å². The van der Waals surface area contributed by atoms with Gasteiger partial charge in [0, 0.05) is 16.3 Å². The van der Waals surface area contributed by atoms with Crippen LogP contribution in [-0.2, 0) is 0 Å². The van der Waals surface area contributed by atoms with E-state index in [0.29, 0.717) is 11.3 Å². The maximum atomic E-state index is 12.8. The fourth-order valence-electron chi connectivity index (χ4n) is 1.60. The lowest BCUT2D eigenvalue weighted by Gasteiger charge is -2.18. The summed E-state index contributed by atoms with van der Waals surface area (Å²) in [5, 5.41) is 0. The summed E-state index contributed by atoms with van der Waals surface area (Å²) in [6.45, 7) is 0. The summed E-state index contributed by atoms with van der Waals surface area (Å²) in [6, 6.07) is 13.2. The third-order valence-corrected chi connectivity index (χ3v) is 3.56. The van der Waals surface area contributed by atoms with E-state index in [1.807, 2.05) is 18.2 Å². The Hall–Kier alpha value is -1.43. The molecule has 0 fully saturated rings. The minimum absolute atomic E-state index is 0.105. The summed E-state index contributed by atoms with van der Waals surface area (Å²) in [7, 11) is 1.68. The Balaban J connectivity index is 2.29. The van der Waals surface area contributed by atoms with E-state index in [4.69, 9.17) is 0 Å². The summed E-state index contributed by atoms with van der Waals surface area (Å²) >= 11 is 2.13. The van der Waals surface area contributed by atoms with Crippen molar-refractivity contribution >= 4 is 34.2 Å². The molecule has 2 rings (SSSR count). The summed E-state index contributed by atoms with van der Waals surface area (Å²) in [6.07, 6.45) is 0. The first kappa shape index (κ1) is 13.0. The molecule has 0 N–H and O–H groups in total. The SMILES string of the molecule is CN(C(=O)c1ccccc1I)c1ccc(F)cc1. The van der Waals surface area contributed by atoms with Crippen LogP contribution in [0, 0.1) is 9.39 Å². The van der Waals surface area contributed by atoms with E-state index in [0.717, 1.165) is 3.57 Å². The van der Waals surface area contributed by atoms with Crippen LogP contribution in [0.3, 0.4) is 0 Å². The molecule has 0 aliphatic rings. The van der Waals surface area contributed by atoms with E-state index in [9.17, 15) is 9.18 Å². The second-order valence-corrected chi connectivity index (χ2v) is 4.98. The average molecular weight is 355 g/mol. The van der Waals surface area contributed by atoms with Gasteiger partial charge in [-0.05, 0) is 59.0 Å². The molecule has 0 aromatic heterocycles. The number of halogens is 2. The van der Waals surface area contributed by atoms with Crippen LogP contribution in [0.4, 0.5) is 10.1 Å². The van der Waals surface area contributed by atoms with E-state index in [1.165, 1.54) is 17.0 Å². The topological polar surface area (TPSA) is 20.3 Å². The van der Waals surface area contributed by atoms with Crippen molar-refractivity contribution in [3.8, 4) is 0 Å². The van der Waals surface area contributed by atoms with Crippen molar-refractivity contribution < 1.29 is 9.18 Å². The van der Waals surface area contributed by atoms with Crippen molar-refractivity contribution in [2.24, 2.45) is 0 Å². The van der Waals surface area contributed by atoms with Crippen LogP contribution in [-0.4, -0.2) is 13.0 Å². The first-order chi connectivity index (χ1) is 8.59. The molecule has 0 radical (unpaired) electrons. The minimum atomic E-state index is -0.311. The molecule has 0 heterocycles. The Morgan fingerprint density at radius 3 is 2.33 bits per heavy atom. The molecule has 0 unspecified atom stereocenters. The van der Waals surface area contributed by atoms with E-state index in [-0.39, 0.29) is 11.7 Å². The zero-order valence-corrected chi connectivity index (χ0v) is 11.9. The standard InChI is InChI=1S/C14H11FINO/c1-17(11-8-6-10(15)7-9-11)14(18)12-4-2-3-5-13(12)16/h2-9H,1H3. The summed E-state index contributed by atoms with van der Waals surface area (Å²) in [5.41, 5.74) is 1.31. The Morgan fingerprint density at radius 2 is 1.72 bits per heavy atom. The van der Waals surface area contributed by atoms with Crippen molar-refractivity contribution in [2.75, 3.05) is 11.9 Å². The van der Waals surface area contributed by atoms with Crippen molar-refractivity contribution in [3.05, 3.63) is 63.5 Å². The van der Waals surface area contributed by atoms with E-state index in [2.05, 4.69) is 22.6 Å². The van der Waals surface area contributed by atoms with Gasteiger partial charge in [0.15, 0.2) is 0 Å². The predicted molar refractivity (Wildman–Crippen MR) is 78.3 cm³/mol. The van der Waals surface area contributed by atoms with E-state index in [1.54, 1.807) is 25.2 Å². The first-order valence-corrected chi connectivity index (χ1v) is 6.45. The number of anilines is 1. The van der Waals surface area contributed by atoms with Gasteiger partial charge in [0.25, 0.3) is 5.91 Å². The number of hydrogen-bond acceptors (Lipinski definition) is 1. The van der Waals surface area contributed by atoms with Crippen molar-refractivity contribution in [1.29, 1.82) is 0 Å². The smallest absolute Gasteiger partial charge is 0.259 e. The molecule has 0 bridgehead atoms. The average Bonchev–Trinajstić information content (AvgIpc) is 2.38. The molecule has 4 heteroatoms. The first-order valence-electron chi connectivity index (χ1n) is 5.38. The Bertz CT molecular complexity index is 568. The highest BCUT2D eigenvalue weighted by Crippen LogP contribution is 2.19. The molecule has 0 aliphatic carbocycles. The van der Waals surface area contributed by atoms with Crippen LogP contribution in [0.5, 0.6) is 0 Å². The lowest BCUT2D eigenvalue weighted by atomic mass is 10.2. The van der Waals surface area contributed by atoms with Crippen molar-refractivity contribution in [2.45, 2.75) is 0 Å². The zero-order valence-electron chi connectivity index (χ0n) is 9.73. The summed E-state index contributed by atoms with van der Waals surface area (Å²) < 4.78 is 13.7. The molecule has 0 saturated heterocycles. The van der Waals surface area contributed by atoms with Crippen LogP contribution in [0.2, 0.25) is 0 Å². The molecule has 18 heavy (non-hydrogen) atoms. The van der Waals surface area contributed by atoms with Gasteiger partial charge in [-0.2, -0.15) is 0 Å². The molecule has 2 aromatic carbocycles. The lowest BCUT2D eigenvalue weighted by Crippen LogP contribution is -2.26. The van der Waals surface area contributed by atoms with Gasteiger partial charge in [-0.25, -0.2) is 4.39 Å². The van der Waals surface area contributed by atoms with E-state index >= 15 is 0 Å². The molecule has 2 aromatic rings. The fourth-order valence-corrected chi connectivity index (χ4v) is 2.22. The normalized spacial score (nSPS) is 10.2. The van der Waals surface area contributed by atoms with Crippen LogP contribution in [0.25, 0.3) is 0 Å². The monoisotopic (exact) mass is 355 g/mol. The Labute approximate surface area is 119 Å². The highest BCUT2D eigenvalue weighted by molar-refractivity contribution is 14.1. The largest absolute Gasteiger partial charge is 0.311 e. The second kappa shape index (κ2) is 5.48. The third kappa shape index (κ3) is 2.69. The van der Waals surface area contributed by atoms with Crippen LogP contribution in [0.15, 0.2) is 48.5 Å². The molecular formula is C14H11FINO. The fraction of sp³-hybridized carbons (Fsp3) is 0.0714. The van der Waals surface area contributed by atoms with Gasteiger partial charge in [-0.15, -0.1) is 0 Å². The molecule has 2 nitrogen and oxygen atoms in total. The summed E-state index contributed by atoms with van der Waals surface area (Å²) in [5.74, 6) is -0.416. The Morgan fingerprint density at radius 1 is 1.11 bits per heavy atom. The molecule has 92 valence electrons. The predicted octanol–water partition coefficient (Wildman–Crippen LogP) is 3.71. The zero-order chi connectivity index (χ0) is 13.1. The number of amides is 1. The minimum Gasteiger partial charge on any atom is -0.311 e. The maximum Gasteiger partial charge on any atom is 0.259 e. The number of nitrogens with zero attached hydrogens (tertiary/aromatic N) is 1. The molecular weight excluding hydrogens is 344 g/mol. The number of benzene rings is 2. The number of hydrogen-bond donors (Lipinski definition) is 0. The number of rotatable bonds is 2. The maximum absolute atomic E-state index is 12.8. The second-order valence-electron chi connectivity index (χ2n) is 3.82. The molecule has 0 aliphatic heterocycles. The van der Waals surface area contributed by atoms with Crippen molar-refractivity contribution in [1.82, 2.24) is 0 Å². The third-order valence-electron chi connectivity index (χ3n) is 2.62. The van der Waals surface area contributed by atoms with Gasteiger partial charge in [-0.3, -0.25) is 4.79 Å².